The van der Waals surface area contributed by atoms with Gasteiger partial charge in [0.05, 0.1) is 12.0 Å². The second-order valence-corrected chi connectivity index (χ2v) is 6.51. The van der Waals surface area contributed by atoms with Crippen LogP contribution in [0.15, 0.2) is 51.8 Å². The van der Waals surface area contributed by atoms with Gasteiger partial charge < -0.3 is 8.92 Å². The smallest absolute Gasteiger partial charge is 0.342 e. The van der Waals surface area contributed by atoms with Gasteiger partial charge in [-0.05, 0) is 30.3 Å². The first kappa shape index (κ1) is 16.2. The van der Waals surface area contributed by atoms with Crippen molar-refractivity contribution in [1.82, 2.24) is 0 Å². The molecule has 0 radical (unpaired) electrons. The number of methoxy groups -OCH3 is 1. The number of rotatable bonds is 5. The molecule has 0 amide bonds. The van der Waals surface area contributed by atoms with Gasteiger partial charge in [-0.1, -0.05) is 15.9 Å². The summed E-state index contributed by atoms with van der Waals surface area (Å²) in [5, 5.41) is 10.6. The average molecular weight is 388 g/mol. The van der Waals surface area contributed by atoms with E-state index in [4.69, 9.17) is 8.92 Å². The zero-order valence-electron chi connectivity index (χ0n) is 11.2. The Morgan fingerprint density at radius 3 is 2.32 bits per heavy atom. The van der Waals surface area contributed by atoms with Gasteiger partial charge in [0.25, 0.3) is 5.69 Å². The standard InChI is InChI=1S/C13H10BrNO6S/c1-20-12-7-2-9(14)8-13(12)22(18,19)21-11-5-3-10(4-6-11)15(16)17/h2-8H,1H3. The minimum Gasteiger partial charge on any atom is -0.495 e. The number of benzene rings is 2. The highest BCUT2D eigenvalue weighted by molar-refractivity contribution is 9.10. The van der Waals surface area contributed by atoms with Crippen molar-refractivity contribution in [2.45, 2.75) is 4.90 Å². The maximum absolute atomic E-state index is 12.3. The average Bonchev–Trinajstić information content (AvgIpc) is 2.47. The van der Waals surface area contributed by atoms with E-state index < -0.39 is 15.0 Å². The number of hydrogen-bond donors (Lipinski definition) is 0. The van der Waals surface area contributed by atoms with Gasteiger partial charge in [0.1, 0.15) is 16.4 Å². The van der Waals surface area contributed by atoms with Gasteiger partial charge in [-0.25, -0.2) is 0 Å². The second kappa shape index (κ2) is 6.32. The third kappa shape index (κ3) is 3.55. The monoisotopic (exact) mass is 387 g/mol. The van der Waals surface area contributed by atoms with E-state index in [1.807, 2.05) is 0 Å². The van der Waals surface area contributed by atoms with E-state index in [0.717, 1.165) is 12.1 Å². The number of hydrogen-bond acceptors (Lipinski definition) is 6. The van der Waals surface area contributed by atoms with Crippen LogP contribution in [0.1, 0.15) is 0 Å². The summed E-state index contributed by atoms with van der Waals surface area (Å²) in [6, 6.07) is 9.19. The molecule has 0 N–H and O–H groups in total. The Hall–Kier alpha value is -2.13. The largest absolute Gasteiger partial charge is 0.495 e. The molecule has 22 heavy (non-hydrogen) atoms. The molecule has 0 saturated carbocycles. The van der Waals surface area contributed by atoms with Crippen molar-refractivity contribution >= 4 is 31.7 Å². The van der Waals surface area contributed by atoms with Crippen molar-refractivity contribution in [2.75, 3.05) is 7.11 Å². The van der Waals surface area contributed by atoms with Gasteiger partial charge in [-0.3, -0.25) is 10.1 Å². The van der Waals surface area contributed by atoms with Crippen LogP contribution in [-0.2, 0) is 10.1 Å². The molecule has 2 aromatic rings. The van der Waals surface area contributed by atoms with Crippen LogP contribution in [0.5, 0.6) is 11.5 Å². The molecule has 116 valence electrons. The SMILES string of the molecule is COc1ccc(Br)cc1S(=O)(=O)Oc1ccc([N+](=O)[O-])cc1. The number of ether oxygens (including phenoxy) is 1. The van der Waals surface area contributed by atoms with Crippen molar-refractivity contribution in [3.05, 3.63) is 57.1 Å². The number of non-ortho nitro benzene ring substituents is 1. The summed E-state index contributed by atoms with van der Waals surface area (Å²) in [4.78, 5) is 9.83. The summed E-state index contributed by atoms with van der Waals surface area (Å²) in [7, 11) is -2.80. The van der Waals surface area contributed by atoms with Gasteiger partial charge >= 0.3 is 10.1 Å². The predicted molar refractivity (Wildman–Crippen MR) is 81.6 cm³/mol. The Morgan fingerprint density at radius 1 is 1.14 bits per heavy atom. The van der Waals surface area contributed by atoms with Gasteiger partial charge in [0.15, 0.2) is 0 Å². The molecule has 0 heterocycles. The highest BCUT2D eigenvalue weighted by Crippen LogP contribution is 2.30. The van der Waals surface area contributed by atoms with E-state index >= 15 is 0 Å². The quantitative estimate of drug-likeness (QED) is 0.444. The van der Waals surface area contributed by atoms with Crippen molar-refractivity contribution in [3.8, 4) is 11.5 Å². The van der Waals surface area contributed by atoms with Crippen LogP contribution in [0, 0.1) is 10.1 Å². The Labute approximate surface area is 134 Å². The fourth-order valence-electron chi connectivity index (χ4n) is 1.64. The summed E-state index contributed by atoms with van der Waals surface area (Å²) in [6.07, 6.45) is 0. The van der Waals surface area contributed by atoms with Crippen molar-refractivity contribution < 1.29 is 22.3 Å². The summed E-state index contributed by atoms with van der Waals surface area (Å²) >= 11 is 3.18. The molecule has 0 aliphatic heterocycles. The minimum absolute atomic E-state index is 0.0346. The molecule has 0 aromatic heterocycles. The minimum atomic E-state index is -4.14. The van der Waals surface area contributed by atoms with Crippen LogP contribution in [0.4, 0.5) is 5.69 Å². The van der Waals surface area contributed by atoms with Crippen molar-refractivity contribution in [2.24, 2.45) is 0 Å². The van der Waals surface area contributed by atoms with Crippen LogP contribution in [0.25, 0.3) is 0 Å². The normalized spacial score (nSPS) is 11.0. The van der Waals surface area contributed by atoms with E-state index in [2.05, 4.69) is 15.9 Å². The van der Waals surface area contributed by atoms with Crippen LogP contribution >= 0.6 is 15.9 Å². The first-order valence-electron chi connectivity index (χ1n) is 5.86. The zero-order chi connectivity index (χ0) is 16.3. The fourth-order valence-corrected chi connectivity index (χ4v) is 3.28. The van der Waals surface area contributed by atoms with E-state index in [0.29, 0.717) is 4.47 Å². The summed E-state index contributed by atoms with van der Waals surface area (Å²) in [5.41, 5.74) is -0.162. The molecule has 2 aromatic carbocycles. The van der Waals surface area contributed by atoms with E-state index in [9.17, 15) is 18.5 Å². The zero-order valence-corrected chi connectivity index (χ0v) is 13.6. The molecular formula is C13H10BrNO6S. The molecule has 0 fully saturated rings. The van der Waals surface area contributed by atoms with Gasteiger partial charge in [0.2, 0.25) is 0 Å². The Balaban J connectivity index is 2.35. The number of nitrogens with zero attached hydrogens (tertiary/aromatic N) is 1. The molecule has 7 nitrogen and oxygen atoms in total. The van der Waals surface area contributed by atoms with Gasteiger partial charge in [-0.15, -0.1) is 0 Å². The molecule has 0 aliphatic rings. The molecule has 0 saturated heterocycles. The number of halogens is 1. The first-order chi connectivity index (χ1) is 10.3. The van der Waals surface area contributed by atoms with E-state index in [-0.39, 0.29) is 22.1 Å². The molecule has 9 heteroatoms. The van der Waals surface area contributed by atoms with Crippen LogP contribution in [0.3, 0.4) is 0 Å². The lowest BCUT2D eigenvalue weighted by atomic mass is 10.3. The number of nitro benzene ring substituents is 1. The van der Waals surface area contributed by atoms with Crippen molar-refractivity contribution in [3.63, 3.8) is 0 Å². The Kier molecular flexibility index (Phi) is 4.67. The molecule has 0 unspecified atom stereocenters. The van der Waals surface area contributed by atoms with Crippen LogP contribution in [-0.4, -0.2) is 20.5 Å². The lowest BCUT2D eigenvalue weighted by molar-refractivity contribution is -0.384. The second-order valence-electron chi connectivity index (χ2n) is 4.08. The summed E-state index contributed by atoms with van der Waals surface area (Å²) in [5.74, 6) is 0.0951. The maximum atomic E-state index is 12.3. The molecule has 0 aliphatic carbocycles. The molecule has 0 atom stereocenters. The lowest BCUT2D eigenvalue weighted by Crippen LogP contribution is -2.11. The first-order valence-corrected chi connectivity index (χ1v) is 8.06. The molecule has 0 bridgehead atoms. The Morgan fingerprint density at radius 2 is 1.77 bits per heavy atom. The Bertz CT molecular complexity index is 804. The third-order valence-electron chi connectivity index (χ3n) is 2.65. The third-order valence-corrected chi connectivity index (χ3v) is 4.41. The van der Waals surface area contributed by atoms with E-state index in [1.54, 1.807) is 6.07 Å². The lowest BCUT2D eigenvalue weighted by Gasteiger charge is -2.10. The van der Waals surface area contributed by atoms with E-state index in [1.165, 1.54) is 31.4 Å². The maximum Gasteiger partial charge on any atom is 0.342 e. The molecular weight excluding hydrogens is 378 g/mol. The molecule has 2 rings (SSSR count). The highest BCUT2D eigenvalue weighted by atomic mass is 79.9. The van der Waals surface area contributed by atoms with Crippen molar-refractivity contribution in [1.29, 1.82) is 0 Å². The summed E-state index contributed by atoms with van der Waals surface area (Å²) < 4.78 is 35.1. The topological polar surface area (TPSA) is 95.7 Å². The van der Waals surface area contributed by atoms with Crippen LogP contribution < -0.4 is 8.92 Å². The molecule has 0 spiro atoms. The van der Waals surface area contributed by atoms with Gasteiger partial charge in [-0.2, -0.15) is 8.42 Å². The van der Waals surface area contributed by atoms with Crippen LogP contribution in [0.2, 0.25) is 0 Å². The number of nitro groups is 1. The van der Waals surface area contributed by atoms with Gasteiger partial charge in [0, 0.05) is 16.6 Å². The highest BCUT2D eigenvalue weighted by Gasteiger charge is 2.22. The predicted octanol–water partition coefficient (Wildman–Crippen LogP) is 3.13. The summed E-state index contributed by atoms with van der Waals surface area (Å²) in [6.45, 7) is 0. The fraction of sp³-hybridized carbons (Fsp3) is 0.0769.